The van der Waals surface area contributed by atoms with E-state index in [2.05, 4.69) is 16.5 Å². The van der Waals surface area contributed by atoms with Gasteiger partial charge >= 0.3 is 0 Å². The summed E-state index contributed by atoms with van der Waals surface area (Å²) in [5.74, 6) is 0.127. The van der Waals surface area contributed by atoms with Crippen LogP contribution in [-0.4, -0.2) is 22.2 Å². The molecule has 3 N–H and O–H groups in total. The molecule has 6 nitrogen and oxygen atoms in total. The zero-order chi connectivity index (χ0) is 20.6. The summed E-state index contributed by atoms with van der Waals surface area (Å²) in [6.07, 6.45) is 4.34. The van der Waals surface area contributed by atoms with E-state index in [1.807, 2.05) is 42.5 Å². The fourth-order valence-electron chi connectivity index (χ4n) is 2.85. The number of carbonyl (C=O) groups excluding carboxylic acids is 1. The normalized spacial score (nSPS) is 10.8. The lowest BCUT2D eigenvalue weighted by molar-refractivity contribution is -0.116. The molecule has 146 valence electrons. The third-order valence-electron chi connectivity index (χ3n) is 4.27. The molecule has 0 aliphatic carbocycles. The fraction of sp³-hybridized carbons (Fsp3) is 0.136. The molecule has 0 fully saturated rings. The van der Waals surface area contributed by atoms with E-state index in [4.69, 9.17) is 17.3 Å². The van der Waals surface area contributed by atoms with Gasteiger partial charge in [-0.3, -0.25) is 4.79 Å². The van der Waals surface area contributed by atoms with Gasteiger partial charge in [-0.1, -0.05) is 41.9 Å². The van der Waals surface area contributed by atoms with Crippen LogP contribution in [0.2, 0.25) is 5.02 Å². The average molecular weight is 406 g/mol. The van der Waals surface area contributed by atoms with E-state index >= 15 is 0 Å². The largest absolute Gasteiger partial charge is 0.382 e. The first-order valence-corrected chi connectivity index (χ1v) is 9.50. The summed E-state index contributed by atoms with van der Waals surface area (Å²) < 4.78 is 1.57. The first kappa shape index (κ1) is 20.2. The average Bonchev–Trinajstić information content (AvgIpc) is 3.05. The molecule has 1 heterocycles. The summed E-state index contributed by atoms with van der Waals surface area (Å²) in [5, 5.41) is 17.4. The van der Waals surface area contributed by atoms with Gasteiger partial charge < -0.3 is 11.1 Å². The fourth-order valence-corrected chi connectivity index (χ4v) is 3.05. The lowest BCUT2D eigenvalue weighted by Crippen LogP contribution is -2.22. The molecule has 0 radical (unpaired) electrons. The number of benzene rings is 2. The highest BCUT2D eigenvalue weighted by atomic mass is 35.5. The number of aryl methyl sites for hydroxylation is 1. The summed E-state index contributed by atoms with van der Waals surface area (Å²) in [5.41, 5.74) is 8.75. The van der Waals surface area contributed by atoms with Crippen molar-refractivity contribution >= 4 is 29.4 Å². The molecule has 7 heteroatoms. The minimum atomic E-state index is -0.195. The molecule has 29 heavy (non-hydrogen) atoms. The van der Waals surface area contributed by atoms with Crippen molar-refractivity contribution in [3.8, 4) is 11.8 Å². The Morgan fingerprint density at radius 1 is 1.24 bits per heavy atom. The van der Waals surface area contributed by atoms with Gasteiger partial charge in [-0.25, -0.2) is 4.68 Å². The molecule has 0 atom stereocenters. The SMILES string of the molecule is N#Cc1c(CCCNC(=O)/C=C/c2cccc(Cl)c2)nn(-c2ccccc2)c1N. The summed E-state index contributed by atoms with van der Waals surface area (Å²) in [7, 11) is 0. The molecule has 1 amide bonds. The van der Waals surface area contributed by atoms with Crippen molar-refractivity contribution in [1.29, 1.82) is 5.26 Å². The predicted octanol–water partition coefficient (Wildman–Crippen LogP) is 3.74. The Bertz CT molecular complexity index is 1070. The highest BCUT2D eigenvalue weighted by Crippen LogP contribution is 2.21. The topological polar surface area (TPSA) is 96.7 Å². The van der Waals surface area contributed by atoms with Crippen LogP contribution in [0.5, 0.6) is 0 Å². The van der Waals surface area contributed by atoms with Crippen molar-refractivity contribution in [2.24, 2.45) is 0 Å². The quantitative estimate of drug-likeness (QED) is 0.462. The molecular weight excluding hydrogens is 386 g/mol. The number of amides is 1. The number of hydrogen-bond donors (Lipinski definition) is 2. The number of hydrogen-bond acceptors (Lipinski definition) is 4. The zero-order valence-electron chi connectivity index (χ0n) is 15.7. The van der Waals surface area contributed by atoms with Crippen LogP contribution in [0.3, 0.4) is 0 Å². The summed E-state index contributed by atoms with van der Waals surface area (Å²) >= 11 is 5.92. The second-order valence-corrected chi connectivity index (χ2v) is 6.79. The standard InChI is InChI=1S/C22H20ClN5O/c23-17-7-4-6-16(14-17)11-12-21(29)26-13-5-10-20-19(15-24)22(25)28(27-20)18-8-2-1-3-9-18/h1-4,6-9,11-12,14H,5,10,13,25H2,(H,26,29)/b12-11+. The molecule has 1 aromatic heterocycles. The Balaban J connectivity index is 1.55. The number of carbonyl (C=O) groups is 1. The molecule has 0 unspecified atom stereocenters. The van der Waals surface area contributed by atoms with E-state index in [1.54, 1.807) is 22.9 Å². The van der Waals surface area contributed by atoms with E-state index in [-0.39, 0.29) is 5.91 Å². The summed E-state index contributed by atoms with van der Waals surface area (Å²) in [6, 6.07) is 18.8. The second kappa shape index (κ2) is 9.58. The first-order valence-electron chi connectivity index (χ1n) is 9.13. The Morgan fingerprint density at radius 3 is 2.76 bits per heavy atom. The maximum atomic E-state index is 12.0. The van der Waals surface area contributed by atoms with Crippen LogP contribution in [0.25, 0.3) is 11.8 Å². The summed E-state index contributed by atoms with van der Waals surface area (Å²) in [6.45, 7) is 0.460. The molecular formula is C22H20ClN5O. The molecule has 0 aliphatic rings. The van der Waals surface area contributed by atoms with Gasteiger partial charge in [0.2, 0.25) is 5.91 Å². The molecule has 0 bridgehead atoms. The Kier molecular flexibility index (Phi) is 6.67. The van der Waals surface area contributed by atoms with Gasteiger partial charge in [-0.05, 0) is 48.7 Å². The Morgan fingerprint density at radius 2 is 2.03 bits per heavy atom. The van der Waals surface area contributed by atoms with Gasteiger partial charge in [0.1, 0.15) is 17.5 Å². The first-order chi connectivity index (χ1) is 14.1. The molecule has 0 aliphatic heterocycles. The lowest BCUT2D eigenvalue weighted by atomic mass is 10.1. The van der Waals surface area contributed by atoms with Crippen molar-refractivity contribution in [2.75, 3.05) is 12.3 Å². The third-order valence-corrected chi connectivity index (χ3v) is 4.51. The van der Waals surface area contributed by atoms with Gasteiger partial charge in [0.25, 0.3) is 0 Å². The Labute approximate surface area is 174 Å². The minimum Gasteiger partial charge on any atom is -0.382 e. The molecule has 0 saturated carbocycles. The molecule has 0 spiro atoms. The van der Waals surface area contributed by atoms with Crippen LogP contribution in [0.4, 0.5) is 5.82 Å². The highest BCUT2D eigenvalue weighted by Gasteiger charge is 2.16. The number of anilines is 1. The van der Waals surface area contributed by atoms with E-state index in [0.29, 0.717) is 41.5 Å². The third kappa shape index (κ3) is 5.24. The predicted molar refractivity (Wildman–Crippen MR) is 115 cm³/mol. The van der Waals surface area contributed by atoms with Crippen LogP contribution in [0, 0.1) is 11.3 Å². The molecule has 3 aromatic rings. The lowest BCUT2D eigenvalue weighted by Gasteiger charge is -2.02. The maximum absolute atomic E-state index is 12.0. The van der Waals surface area contributed by atoms with E-state index in [1.165, 1.54) is 6.08 Å². The number of halogens is 1. The number of rotatable bonds is 7. The van der Waals surface area contributed by atoms with Crippen molar-refractivity contribution in [3.05, 3.63) is 82.5 Å². The monoisotopic (exact) mass is 405 g/mol. The molecule has 0 saturated heterocycles. The summed E-state index contributed by atoms with van der Waals surface area (Å²) in [4.78, 5) is 12.0. The number of nitrogens with two attached hydrogens (primary N) is 1. The van der Waals surface area contributed by atoms with Crippen molar-refractivity contribution < 1.29 is 4.79 Å². The van der Waals surface area contributed by atoms with Crippen LogP contribution >= 0.6 is 11.6 Å². The van der Waals surface area contributed by atoms with E-state index in [9.17, 15) is 10.1 Å². The minimum absolute atomic E-state index is 0.195. The van der Waals surface area contributed by atoms with Crippen molar-refractivity contribution in [3.63, 3.8) is 0 Å². The number of para-hydroxylation sites is 1. The Hall–Kier alpha value is -3.56. The van der Waals surface area contributed by atoms with Gasteiger partial charge in [0.05, 0.1) is 11.4 Å². The number of nitrogens with one attached hydrogen (secondary N) is 1. The second-order valence-electron chi connectivity index (χ2n) is 6.35. The van der Waals surface area contributed by atoms with Crippen molar-refractivity contribution in [2.45, 2.75) is 12.8 Å². The zero-order valence-corrected chi connectivity index (χ0v) is 16.4. The van der Waals surface area contributed by atoms with Crippen LogP contribution in [0.15, 0.2) is 60.7 Å². The molecule has 3 rings (SSSR count). The smallest absolute Gasteiger partial charge is 0.243 e. The van der Waals surface area contributed by atoms with Gasteiger partial charge in [0, 0.05) is 17.6 Å². The molecule has 2 aromatic carbocycles. The van der Waals surface area contributed by atoms with Crippen LogP contribution in [-0.2, 0) is 11.2 Å². The number of nitrogen functional groups attached to an aromatic ring is 1. The number of nitriles is 1. The maximum Gasteiger partial charge on any atom is 0.243 e. The highest BCUT2D eigenvalue weighted by molar-refractivity contribution is 6.30. The van der Waals surface area contributed by atoms with Crippen molar-refractivity contribution in [1.82, 2.24) is 15.1 Å². The van der Waals surface area contributed by atoms with Gasteiger partial charge in [0.15, 0.2) is 0 Å². The van der Waals surface area contributed by atoms with Gasteiger partial charge in [-0.2, -0.15) is 10.4 Å². The van der Waals surface area contributed by atoms with E-state index in [0.717, 1.165) is 11.3 Å². The van der Waals surface area contributed by atoms with Crippen LogP contribution < -0.4 is 11.1 Å². The van der Waals surface area contributed by atoms with Gasteiger partial charge in [-0.15, -0.1) is 0 Å². The van der Waals surface area contributed by atoms with Crippen LogP contribution in [0.1, 0.15) is 23.2 Å². The number of aromatic nitrogens is 2. The van der Waals surface area contributed by atoms with E-state index < -0.39 is 0 Å². The number of nitrogens with zero attached hydrogens (tertiary/aromatic N) is 3.